The SMILES string of the molecule is CC[C@H](C(=O)N[C@@H](C)CC)N(Cc1ccccc1Cl)C(=O)CN(c1cc(OC)ccc1OC)S(=O)(=O)c1ccccc1. The molecule has 2 amide bonds. The predicted molar refractivity (Wildman–Crippen MR) is 164 cm³/mol. The summed E-state index contributed by atoms with van der Waals surface area (Å²) in [6, 6.07) is 18.6. The number of carbonyl (C=O) groups excluding carboxylic acids is 2. The molecule has 0 heterocycles. The molecular formula is C31H38ClN3O6S. The normalized spacial score (nSPS) is 12.6. The summed E-state index contributed by atoms with van der Waals surface area (Å²) < 4.78 is 40.0. The van der Waals surface area contributed by atoms with E-state index >= 15 is 0 Å². The molecule has 0 aliphatic carbocycles. The number of methoxy groups -OCH3 is 2. The van der Waals surface area contributed by atoms with Crippen LogP contribution < -0.4 is 19.1 Å². The number of halogens is 1. The lowest BCUT2D eigenvalue weighted by Crippen LogP contribution is -2.53. The van der Waals surface area contributed by atoms with Crippen LogP contribution in [-0.2, 0) is 26.2 Å². The maximum Gasteiger partial charge on any atom is 0.264 e. The van der Waals surface area contributed by atoms with E-state index in [4.69, 9.17) is 21.1 Å². The maximum atomic E-state index is 14.3. The highest BCUT2D eigenvalue weighted by atomic mass is 35.5. The molecule has 0 radical (unpaired) electrons. The van der Waals surface area contributed by atoms with Crippen molar-refractivity contribution in [3.05, 3.63) is 83.4 Å². The van der Waals surface area contributed by atoms with E-state index < -0.39 is 28.5 Å². The Balaban J connectivity index is 2.15. The van der Waals surface area contributed by atoms with Crippen molar-refractivity contribution in [2.75, 3.05) is 25.1 Å². The molecule has 0 aliphatic heterocycles. The molecule has 226 valence electrons. The Labute approximate surface area is 253 Å². The first-order chi connectivity index (χ1) is 20.1. The number of benzene rings is 3. The molecule has 0 aliphatic rings. The molecule has 0 aromatic heterocycles. The summed E-state index contributed by atoms with van der Waals surface area (Å²) in [5.74, 6) is -0.324. The summed E-state index contributed by atoms with van der Waals surface area (Å²) in [5.41, 5.74) is 0.739. The van der Waals surface area contributed by atoms with Crippen molar-refractivity contribution in [1.29, 1.82) is 0 Å². The fraction of sp³-hybridized carbons (Fsp3) is 0.355. The molecule has 0 fully saturated rings. The zero-order valence-electron chi connectivity index (χ0n) is 24.5. The van der Waals surface area contributed by atoms with Crippen LogP contribution in [0.25, 0.3) is 0 Å². The highest BCUT2D eigenvalue weighted by molar-refractivity contribution is 7.92. The van der Waals surface area contributed by atoms with E-state index in [2.05, 4.69) is 5.32 Å². The molecule has 9 nitrogen and oxygen atoms in total. The van der Waals surface area contributed by atoms with E-state index in [-0.39, 0.29) is 34.8 Å². The zero-order chi connectivity index (χ0) is 30.9. The van der Waals surface area contributed by atoms with Crippen molar-refractivity contribution in [3.8, 4) is 11.5 Å². The number of anilines is 1. The highest BCUT2D eigenvalue weighted by Gasteiger charge is 2.35. The van der Waals surface area contributed by atoms with Gasteiger partial charge in [0, 0.05) is 23.7 Å². The molecule has 3 rings (SSSR count). The molecule has 3 aromatic rings. The van der Waals surface area contributed by atoms with Crippen molar-refractivity contribution in [1.82, 2.24) is 10.2 Å². The van der Waals surface area contributed by atoms with Crippen LogP contribution in [0.5, 0.6) is 11.5 Å². The summed E-state index contributed by atoms with van der Waals surface area (Å²) >= 11 is 6.46. The summed E-state index contributed by atoms with van der Waals surface area (Å²) in [6.07, 6.45) is 1.01. The largest absolute Gasteiger partial charge is 0.497 e. The highest BCUT2D eigenvalue weighted by Crippen LogP contribution is 2.36. The van der Waals surface area contributed by atoms with Crippen molar-refractivity contribution >= 4 is 39.1 Å². The monoisotopic (exact) mass is 615 g/mol. The van der Waals surface area contributed by atoms with Gasteiger partial charge < -0.3 is 19.7 Å². The van der Waals surface area contributed by atoms with Crippen LogP contribution >= 0.6 is 11.6 Å². The number of nitrogens with zero attached hydrogens (tertiary/aromatic N) is 2. The van der Waals surface area contributed by atoms with Gasteiger partial charge in [0.15, 0.2) is 0 Å². The molecule has 42 heavy (non-hydrogen) atoms. The fourth-order valence-corrected chi connectivity index (χ4v) is 6.03. The number of hydrogen-bond donors (Lipinski definition) is 1. The first kappa shape index (κ1) is 32.8. The van der Waals surface area contributed by atoms with Crippen LogP contribution in [0.1, 0.15) is 39.2 Å². The number of amides is 2. The Hall–Kier alpha value is -3.76. The van der Waals surface area contributed by atoms with E-state index in [9.17, 15) is 18.0 Å². The number of ether oxygens (including phenoxy) is 2. The van der Waals surface area contributed by atoms with Crippen LogP contribution in [0.3, 0.4) is 0 Å². The van der Waals surface area contributed by atoms with Crippen molar-refractivity contribution < 1.29 is 27.5 Å². The first-order valence-electron chi connectivity index (χ1n) is 13.7. The van der Waals surface area contributed by atoms with Crippen molar-refractivity contribution in [2.45, 2.75) is 57.1 Å². The van der Waals surface area contributed by atoms with Gasteiger partial charge in [0.25, 0.3) is 10.0 Å². The third-order valence-corrected chi connectivity index (χ3v) is 9.09. The average Bonchev–Trinajstić information content (AvgIpc) is 3.00. The van der Waals surface area contributed by atoms with Gasteiger partial charge >= 0.3 is 0 Å². The molecule has 0 saturated heterocycles. The van der Waals surface area contributed by atoms with Crippen molar-refractivity contribution in [2.24, 2.45) is 0 Å². The Kier molecular flexibility index (Phi) is 11.6. The molecule has 2 atom stereocenters. The second kappa shape index (κ2) is 14.9. The molecule has 0 unspecified atom stereocenters. The number of sulfonamides is 1. The van der Waals surface area contributed by atoms with Crippen LogP contribution in [0, 0.1) is 0 Å². The topological polar surface area (TPSA) is 105 Å². The van der Waals surface area contributed by atoms with Gasteiger partial charge in [-0.2, -0.15) is 0 Å². The van der Waals surface area contributed by atoms with E-state index in [1.165, 1.54) is 37.3 Å². The van der Waals surface area contributed by atoms with Gasteiger partial charge in [0.1, 0.15) is 24.1 Å². The minimum absolute atomic E-state index is 0.000586. The third-order valence-electron chi connectivity index (χ3n) is 6.95. The molecule has 3 aromatic carbocycles. The summed E-state index contributed by atoms with van der Waals surface area (Å²) in [4.78, 5) is 29.1. The lowest BCUT2D eigenvalue weighted by Gasteiger charge is -2.34. The molecule has 0 saturated carbocycles. The molecular weight excluding hydrogens is 578 g/mol. The lowest BCUT2D eigenvalue weighted by atomic mass is 10.1. The van der Waals surface area contributed by atoms with E-state index in [0.29, 0.717) is 29.2 Å². The van der Waals surface area contributed by atoms with E-state index in [1.54, 1.807) is 61.5 Å². The molecule has 11 heteroatoms. The van der Waals surface area contributed by atoms with Gasteiger partial charge in [-0.1, -0.05) is 61.8 Å². The molecule has 0 bridgehead atoms. The van der Waals surface area contributed by atoms with E-state index in [1.807, 2.05) is 13.8 Å². The second-order valence-corrected chi connectivity index (χ2v) is 12.0. The predicted octanol–water partition coefficient (Wildman–Crippen LogP) is 5.27. The fourth-order valence-electron chi connectivity index (χ4n) is 4.40. The number of hydrogen-bond acceptors (Lipinski definition) is 6. The quantitative estimate of drug-likeness (QED) is 0.265. The first-order valence-corrected chi connectivity index (χ1v) is 15.5. The Bertz CT molecular complexity index is 1470. The lowest BCUT2D eigenvalue weighted by molar-refractivity contribution is -0.140. The summed E-state index contributed by atoms with van der Waals surface area (Å²) in [5, 5.41) is 3.38. The van der Waals surface area contributed by atoms with Gasteiger partial charge in [0.2, 0.25) is 11.8 Å². The van der Waals surface area contributed by atoms with Gasteiger partial charge in [-0.3, -0.25) is 13.9 Å². The maximum absolute atomic E-state index is 14.3. The van der Waals surface area contributed by atoms with Crippen molar-refractivity contribution in [3.63, 3.8) is 0 Å². The third kappa shape index (κ3) is 7.74. The second-order valence-electron chi connectivity index (χ2n) is 9.72. The minimum Gasteiger partial charge on any atom is -0.497 e. The summed E-state index contributed by atoms with van der Waals surface area (Å²) in [7, 11) is -1.40. The van der Waals surface area contributed by atoms with E-state index in [0.717, 1.165) is 4.31 Å². The average molecular weight is 616 g/mol. The van der Waals surface area contributed by atoms with Crippen LogP contribution in [0.4, 0.5) is 5.69 Å². The van der Waals surface area contributed by atoms with Crippen LogP contribution in [-0.4, -0.2) is 58.0 Å². The number of carbonyl (C=O) groups is 2. The molecule has 0 spiro atoms. The van der Waals surface area contributed by atoms with Crippen LogP contribution in [0.15, 0.2) is 77.7 Å². The number of rotatable bonds is 14. The zero-order valence-corrected chi connectivity index (χ0v) is 26.1. The molecule has 1 N–H and O–H groups in total. The standard InChI is InChI=1S/C31H38ClN3O6S/c1-6-22(3)33-31(37)27(7-2)34(20-23-13-11-12-16-26(23)32)30(36)21-35(42(38,39)25-14-9-8-10-15-25)28-19-24(40-4)17-18-29(28)41-5/h8-19,22,27H,6-7,20-21H2,1-5H3,(H,33,37)/t22-,27+/m0/s1. The minimum atomic E-state index is -4.27. The van der Waals surface area contributed by atoms with Gasteiger partial charge in [0.05, 0.1) is 24.8 Å². The Morgan fingerprint density at radius 1 is 0.929 bits per heavy atom. The van der Waals surface area contributed by atoms with Gasteiger partial charge in [-0.15, -0.1) is 0 Å². The van der Waals surface area contributed by atoms with Gasteiger partial charge in [-0.05, 0) is 55.7 Å². The number of nitrogens with one attached hydrogen (secondary N) is 1. The Morgan fingerprint density at radius 2 is 1.60 bits per heavy atom. The van der Waals surface area contributed by atoms with Crippen LogP contribution in [0.2, 0.25) is 5.02 Å². The van der Waals surface area contributed by atoms with Gasteiger partial charge in [-0.25, -0.2) is 8.42 Å². The Morgan fingerprint density at radius 3 is 2.19 bits per heavy atom. The summed E-state index contributed by atoms with van der Waals surface area (Å²) in [6.45, 7) is 5.02. The smallest absolute Gasteiger partial charge is 0.264 e.